The lowest BCUT2D eigenvalue weighted by molar-refractivity contribution is 0.00805. The minimum atomic E-state index is 1.40. The molecule has 0 bridgehead atoms. The maximum absolute atomic E-state index is 7.63. The van der Waals surface area contributed by atoms with Crippen LogP contribution in [0.4, 0.5) is 0 Å². The van der Waals surface area contributed by atoms with Crippen molar-refractivity contribution in [1.82, 2.24) is 0 Å². The molecular weight excluding hydrogens is 76.1 g/mol. The topological polar surface area (TPSA) is 36.4 Å². The highest BCUT2D eigenvalue weighted by Crippen LogP contribution is 1.51. The third-order valence-electron chi connectivity index (χ3n) is 0.250. The quantitative estimate of drug-likeness (QED) is 0.192. The fourth-order valence-electron chi connectivity index (χ4n) is 0.0860. The molecule has 0 atom stereocenters. The van der Waals surface area contributed by atoms with E-state index >= 15 is 0 Å². The van der Waals surface area contributed by atoms with Crippen LogP contribution in [0.15, 0.2) is 18.7 Å². The van der Waals surface area contributed by atoms with Gasteiger partial charge in [-0.1, -0.05) is 12.7 Å². The third kappa shape index (κ3) is 2.90. The molecule has 0 aromatic heterocycles. The van der Waals surface area contributed by atoms with Gasteiger partial charge >= 0.3 is 0 Å². The Hall–Kier alpha value is -1.10. The van der Waals surface area contributed by atoms with Crippen LogP contribution in [0.2, 0.25) is 0 Å². The number of nitrogens with zero attached hydrogens (tertiary/aromatic N) is 2. The molecule has 0 saturated carbocycles. The van der Waals surface area contributed by atoms with E-state index in [4.69, 9.17) is 5.53 Å². The zero-order valence-electron chi connectivity index (χ0n) is 3.26. The summed E-state index contributed by atoms with van der Waals surface area (Å²) in [5, 5.41) is 0. The van der Waals surface area contributed by atoms with Gasteiger partial charge in [-0.05, 0) is 0 Å². The first-order chi connectivity index (χ1) is 2.91. The first kappa shape index (κ1) is 4.90. The van der Waals surface area contributed by atoms with Crippen molar-refractivity contribution in [2.75, 3.05) is 0 Å². The van der Waals surface area contributed by atoms with Crippen molar-refractivity contribution in [2.24, 2.45) is 0 Å². The summed E-state index contributed by atoms with van der Waals surface area (Å²) in [5.74, 6) is 2.14. The van der Waals surface area contributed by atoms with Crippen LogP contribution in [-0.2, 0) is 0 Å². The second kappa shape index (κ2) is 3.90. The van der Waals surface area contributed by atoms with Crippen LogP contribution in [0.3, 0.4) is 0 Å². The molecule has 2 nitrogen and oxygen atoms in total. The summed E-state index contributed by atoms with van der Waals surface area (Å²) >= 11 is 0. The van der Waals surface area contributed by atoms with E-state index < -0.39 is 0 Å². The Labute approximate surface area is 36.0 Å². The van der Waals surface area contributed by atoms with Gasteiger partial charge in [0.15, 0.2) is 0 Å². The second-order valence-electron chi connectivity index (χ2n) is 0.631. The van der Waals surface area contributed by atoms with Crippen LogP contribution in [-0.4, -0.2) is 10.7 Å². The van der Waals surface area contributed by atoms with Gasteiger partial charge in [-0.25, -0.2) is 0 Å². The molecule has 0 radical (unpaired) electrons. The molecule has 0 rings (SSSR count). The summed E-state index contributed by atoms with van der Waals surface area (Å²) in [7, 11) is 0. The number of hydrogen-bond donors (Lipinski definition) is 0. The van der Waals surface area contributed by atoms with Gasteiger partial charge in [0.05, 0.1) is 6.08 Å². The molecule has 30 valence electrons. The van der Waals surface area contributed by atoms with E-state index in [2.05, 4.69) is 17.2 Å². The van der Waals surface area contributed by atoms with Crippen LogP contribution >= 0.6 is 0 Å². The average Bonchev–Trinajstić information content (AvgIpc) is 1.61. The summed E-state index contributed by atoms with van der Waals surface area (Å²) in [5.41, 5.74) is 7.63. The monoisotopic (exact) mass is 80.0 g/mol. The van der Waals surface area contributed by atoms with Gasteiger partial charge in [0.25, 0.3) is 5.87 Å². The Morgan fingerprint density at radius 2 is 2.50 bits per heavy atom. The average molecular weight is 80.1 g/mol. The predicted molar refractivity (Wildman–Crippen MR) is 23.4 cm³/mol. The molecule has 0 aliphatic heterocycles. The molecular formula is C4H4N2. The fraction of sp³-hybridized carbons (Fsp3) is 0. The van der Waals surface area contributed by atoms with E-state index in [9.17, 15) is 0 Å². The van der Waals surface area contributed by atoms with Crippen LogP contribution in [0, 0.1) is 0 Å². The Bertz CT molecular complexity index is 114. The second-order valence-corrected chi connectivity index (χ2v) is 0.631. The molecule has 0 aliphatic carbocycles. The van der Waals surface area contributed by atoms with Crippen LogP contribution < -0.4 is 0 Å². The Morgan fingerprint density at radius 3 is 2.67 bits per heavy atom. The third-order valence-corrected chi connectivity index (χ3v) is 0.250. The number of allylic oxidation sites excluding steroid dienone is 2. The fourth-order valence-corrected chi connectivity index (χ4v) is 0.0860. The molecule has 0 unspecified atom stereocenters. The maximum Gasteiger partial charge on any atom is 0.299 e. The lowest BCUT2D eigenvalue weighted by atomic mass is 10.6. The normalized spacial score (nSPS) is 4.67. The standard InChI is InChI=1S/C4H4N2/c1-2-3-4-6-5/h2-3H,1H2. The molecule has 0 fully saturated rings. The molecule has 0 saturated heterocycles. The number of rotatable bonds is 1. The van der Waals surface area contributed by atoms with Gasteiger partial charge < -0.3 is 5.53 Å². The van der Waals surface area contributed by atoms with Gasteiger partial charge in [-0.15, -0.1) is 4.79 Å². The zero-order valence-corrected chi connectivity index (χ0v) is 3.26. The van der Waals surface area contributed by atoms with E-state index in [0.29, 0.717) is 0 Å². The van der Waals surface area contributed by atoms with Crippen molar-refractivity contribution in [3.8, 4) is 0 Å². The van der Waals surface area contributed by atoms with Crippen molar-refractivity contribution in [2.45, 2.75) is 0 Å². The van der Waals surface area contributed by atoms with Gasteiger partial charge in [0.2, 0.25) is 0 Å². The van der Waals surface area contributed by atoms with Crippen molar-refractivity contribution < 1.29 is 4.79 Å². The lowest BCUT2D eigenvalue weighted by Gasteiger charge is -1.41. The summed E-state index contributed by atoms with van der Waals surface area (Å²) in [6.07, 6.45) is 2.87. The highest BCUT2D eigenvalue weighted by molar-refractivity contribution is 5.47. The lowest BCUT2D eigenvalue weighted by Crippen LogP contribution is -1.46. The Kier molecular flexibility index (Phi) is 3.19. The van der Waals surface area contributed by atoms with Crippen molar-refractivity contribution in [1.29, 1.82) is 0 Å². The molecule has 0 aliphatic rings. The van der Waals surface area contributed by atoms with E-state index in [1.54, 1.807) is 0 Å². The van der Waals surface area contributed by atoms with Crippen LogP contribution in [0.5, 0.6) is 0 Å². The molecule has 2 heteroatoms. The summed E-state index contributed by atoms with van der Waals surface area (Å²) in [6.45, 7) is 3.31. The maximum atomic E-state index is 7.63. The van der Waals surface area contributed by atoms with Crippen molar-refractivity contribution in [3.05, 3.63) is 24.3 Å². The minimum Gasteiger partial charge on any atom is -0.348 e. The predicted octanol–water partition coefficient (Wildman–Crippen LogP) is 0.628. The highest BCUT2D eigenvalue weighted by Gasteiger charge is 1.49. The van der Waals surface area contributed by atoms with Crippen molar-refractivity contribution in [3.63, 3.8) is 0 Å². The molecule has 0 heterocycles. The molecule has 0 aromatic rings. The molecule has 0 spiro atoms. The van der Waals surface area contributed by atoms with Gasteiger partial charge in [-0.2, -0.15) is 0 Å². The van der Waals surface area contributed by atoms with E-state index in [1.807, 2.05) is 0 Å². The van der Waals surface area contributed by atoms with Gasteiger partial charge in [-0.3, -0.25) is 0 Å². The smallest absolute Gasteiger partial charge is 0.299 e. The zero-order chi connectivity index (χ0) is 4.83. The SMILES string of the molecule is C=CC=C=[N+]=[N-]. The van der Waals surface area contributed by atoms with Gasteiger partial charge in [0, 0.05) is 0 Å². The van der Waals surface area contributed by atoms with Gasteiger partial charge in [0.1, 0.15) is 0 Å². The molecule has 0 amide bonds. The highest BCUT2D eigenvalue weighted by atomic mass is 14.8. The first-order valence-electron chi connectivity index (χ1n) is 1.45. The summed E-state index contributed by atoms with van der Waals surface area (Å²) < 4.78 is 0. The summed E-state index contributed by atoms with van der Waals surface area (Å²) in [4.78, 5) is 2.55. The van der Waals surface area contributed by atoms with Crippen LogP contribution in [0.1, 0.15) is 0 Å². The number of hydrogen-bond acceptors (Lipinski definition) is 0. The molecule has 0 N–H and O–H groups in total. The largest absolute Gasteiger partial charge is 0.348 e. The Morgan fingerprint density at radius 1 is 1.83 bits per heavy atom. The first-order valence-corrected chi connectivity index (χ1v) is 1.45. The van der Waals surface area contributed by atoms with Crippen LogP contribution in [0.25, 0.3) is 5.53 Å². The van der Waals surface area contributed by atoms with E-state index in [0.717, 1.165) is 0 Å². The summed E-state index contributed by atoms with van der Waals surface area (Å²) in [6, 6.07) is 0. The van der Waals surface area contributed by atoms with E-state index in [-0.39, 0.29) is 0 Å². The molecule has 0 aromatic carbocycles. The van der Waals surface area contributed by atoms with Crippen molar-refractivity contribution >= 4 is 5.87 Å². The molecule has 6 heavy (non-hydrogen) atoms. The minimum absolute atomic E-state index is 1.40. The van der Waals surface area contributed by atoms with E-state index in [1.165, 1.54) is 12.2 Å². The Balaban J connectivity index is 3.79.